The molecule has 36 heavy (non-hydrogen) atoms. The first kappa shape index (κ1) is 23.5. The number of aromatic nitrogens is 1. The zero-order chi connectivity index (χ0) is 25.4. The van der Waals surface area contributed by atoms with E-state index in [1.54, 1.807) is 36.4 Å². The van der Waals surface area contributed by atoms with E-state index in [9.17, 15) is 22.5 Å². The molecule has 5 rings (SSSR count). The van der Waals surface area contributed by atoms with E-state index in [1.807, 2.05) is 11.0 Å². The molecule has 0 N–H and O–H groups in total. The normalized spacial score (nSPS) is 12.8. The van der Waals surface area contributed by atoms with Crippen molar-refractivity contribution in [3.8, 4) is 28.7 Å². The van der Waals surface area contributed by atoms with Gasteiger partial charge in [0.2, 0.25) is 0 Å². The highest BCUT2D eigenvalue weighted by atomic mass is 32.2. The van der Waals surface area contributed by atoms with Crippen LogP contribution in [0.15, 0.2) is 78.0 Å². The van der Waals surface area contributed by atoms with Gasteiger partial charge in [0.15, 0.2) is 21.5 Å². The van der Waals surface area contributed by atoms with E-state index in [4.69, 9.17) is 4.74 Å². The van der Waals surface area contributed by atoms with Gasteiger partial charge in [0, 0.05) is 37.2 Å². The van der Waals surface area contributed by atoms with E-state index in [1.165, 1.54) is 24.7 Å². The van der Waals surface area contributed by atoms with Crippen LogP contribution in [0, 0.1) is 23.0 Å². The molecule has 2 heterocycles. The summed E-state index contributed by atoms with van der Waals surface area (Å²) in [5.41, 5.74) is 4.01. The number of hydrogen-bond donors (Lipinski definition) is 0. The molecule has 3 aromatic carbocycles. The van der Waals surface area contributed by atoms with Crippen LogP contribution in [0.1, 0.15) is 16.7 Å². The number of ether oxygens (including phenoxy) is 1. The smallest absolute Gasteiger partial charge is 0.175 e. The number of anilines is 1. The second-order valence-corrected chi connectivity index (χ2v) is 10.5. The van der Waals surface area contributed by atoms with Gasteiger partial charge < -0.3 is 9.64 Å². The van der Waals surface area contributed by atoms with E-state index in [0.29, 0.717) is 47.0 Å². The lowest BCUT2D eigenvalue weighted by Crippen LogP contribution is -2.15. The second-order valence-electron chi connectivity index (χ2n) is 8.49. The number of pyridine rings is 1. The molecule has 0 saturated heterocycles. The Bertz CT molecular complexity index is 1650. The van der Waals surface area contributed by atoms with Crippen molar-refractivity contribution in [3.63, 3.8) is 0 Å². The van der Waals surface area contributed by atoms with Gasteiger partial charge in [-0.1, -0.05) is 12.1 Å². The molecular weight excluding hydrogens is 484 g/mol. The van der Waals surface area contributed by atoms with Gasteiger partial charge in [-0.15, -0.1) is 0 Å². The molecule has 1 aliphatic rings. The van der Waals surface area contributed by atoms with E-state index < -0.39 is 21.5 Å². The Kier molecular flexibility index (Phi) is 5.90. The van der Waals surface area contributed by atoms with Crippen LogP contribution in [0.2, 0.25) is 0 Å². The largest absolute Gasteiger partial charge is 0.456 e. The third-order valence-corrected chi connectivity index (χ3v) is 7.07. The summed E-state index contributed by atoms with van der Waals surface area (Å²) in [6, 6.07) is 17.7. The molecule has 0 spiro atoms. The minimum absolute atomic E-state index is 0.270. The van der Waals surface area contributed by atoms with Crippen LogP contribution in [0.3, 0.4) is 0 Å². The lowest BCUT2D eigenvalue weighted by Gasteiger charge is -2.20. The average molecular weight is 504 g/mol. The molecule has 0 atom stereocenters. The van der Waals surface area contributed by atoms with Crippen LogP contribution in [-0.2, 0) is 22.9 Å². The number of hydrogen-bond acceptors (Lipinski definition) is 6. The SMILES string of the molecule is CS(=O)(=O)c1ccc2c(c1)CN(c1ccc(Oc3cncc(-c4ccc(F)c(F)c4)c3)cc1C#N)C2. The fourth-order valence-electron chi connectivity index (χ4n) is 4.16. The van der Waals surface area contributed by atoms with Crippen LogP contribution >= 0.6 is 0 Å². The van der Waals surface area contributed by atoms with Crippen molar-refractivity contribution >= 4 is 15.5 Å². The lowest BCUT2D eigenvalue weighted by molar-refractivity contribution is 0.480. The number of fused-ring (bicyclic) bond motifs is 1. The Morgan fingerprint density at radius 2 is 1.69 bits per heavy atom. The number of benzene rings is 3. The highest BCUT2D eigenvalue weighted by Crippen LogP contribution is 2.35. The lowest BCUT2D eigenvalue weighted by atomic mass is 10.1. The molecule has 9 heteroatoms. The van der Waals surface area contributed by atoms with E-state index >= 15 is 0 Å². The molecule has 0 radical (unpaired) electrons. The van der Waals surface area contributed by atoms with Gasteiger partial charge >= 0.3 is 0 Å². The summed E-state index contributed by atoms with van der Waals surface area (Å²) in [5.74, 6) is -1.10. The number of rotatable bonds is 5. The summed E-state index contributed by atoms with van der Waals surface area (Å²) in [4.78, 5) is 6.40. The van der Waals surface area contributed by atoms with Crippen molar-refractivity contribution in [2.24, 2.45) is 0 Å². The minimum Gasteiger partial charge on any atom is -0.456 e. The second kappa shape index (κ2) is 9.06. The summed E-state index contributed by atoms with van der Waals surface area (Å²) in [6.45, 7) is 1.03. The fourth-order valence-corrected chi connectivity index (χ4v) is 4.83. The maximum absolute atomic E-state index is 13.6. The number of nitrogens with zero attached hydrogens (tertiary/aromatic N) is 3. The van der Waals surface area contributed by atoms with Gasteiger partial charge in [-0.05, 0) is 59.2 Å². The van der Waals surface area contributed by atoms with Gasteiger partial charge in [0.25, 0.3) is 0 Å². The molecule has 6 nitrogen and oxygen atoms in total. The zero-order valence-electron chi connectivity index (χ0n) is 19.1. The average Bonchev–Trinajstić information content (AvgIpc) is 3.28. The first-order chi connectivity index (χ1) is 17.2. The third-order valence-electron chi connectivity index (χ3n) is 5.96. The van der Waals surface area contributed by atoms with E-state index in [0.717, 1.165) is 23.3 Å². The first-order valence-electron chi connectivity index (χ1n) is 10.9. The van der Waals surface area contributed by atoms with E-state index in [-0.39, 0.29) is 4.90 Å². The maximum atomic E-state index is 13.6. The summed E-state index contributed by atoms with van der Waals surface area (Å²) in [5, 5.41) is 9.79. The topological polar surface area (TPSA) is 83.3 Å². The standard InChI is InChI=1S/C27H19F2N3O3S/c1-36(33,34)24-5-2-18-15-32(16-21(18)10-24)27-7-4-22(8-19(27)12-30)35-23-9-20(13-31-14-23)17-3-6-25(28)26(29)11-17/h2-11,13-14H,15-16H2,1H3. The Balaban J connectivity index is 1.38. The third kappa shape index (κ3) is 4.63. The number of nitriles is 1. The van der Waals surface area contributed by atoms with Crippen molar-refractivity contribution in [2.75, 3.05) is 11.2 Å². The van der Waals surface area contributed by atoms with Gasteiger partial charge in [-0.3, -0.25) is 4.98 Å². The molecule has 0 unspecified atom stereocenters. The first-order valence-corrected chi connectivity index (χ1v) is 12.8. The van der Waals surface area contributed by atoms with Crippen LogP contribution in [0.25, 0.3) is 11.1 Å². The minimum atomic E-state index is -3.31. The summed E-state index contributed by atoms with van der Waals surface area (Å²) in [6.07, 6.45) is 4.18. The van der Waals surface area contributed by atoms with Gasteiger partial charge in [0.1, 0.15) is 17.6 Å². The number of halogens is 2. The Labute approximate surface area is 206 Å². The predicted octanol–water partition coefficient (Wildman–Crippen LogP) is 5.61. The summed E-state index contributed by atoms with van der Waals surface area (Å²) in [7, 11) is -3.31. The fraction of sp³-hybridized carbons (Fsp3) is 0.111. The molecule has 0 saturated carbocycles. The van der Waals surface area contributed by atoms with Crippen molar-refractivity contribution in [1.29, 1.82) is 5.26 Å². The van der Waals surface area contributed by atoms with Crippen molar-refractivity contribution < 1.29 is 21.9 Å². The Hall–Kier alpha value is -4.29. The Morgan fingerprint density at radius 3 is 2.44 bits per heavy atom. The molecule has 1 aliphatic heterocycles. The molecule has 1 aromatic heterocycles. The monoisotopic (exact) mass is 503 g/mol. The summed E-state index contributed by atoms with van der Waals surface area (Å²) >= 11 is 0. The Morgan fingerprint density at radius 1 is 0.889 bits per heavy atom. The zero-order valence-corrected chi connectivity index (χ0v) is 19.9. The molecule has 180 valence electrons. The predicted molar refractivity (Wildman–Crippen MR) is 130 cm³/mol. The van der Waals surface area contributed by atoms with Crippen LogP contribution < -0.4 is 9.64 Å². The molecule has 0 fully saturated rings. The van der Waals surface area contributed by atoms with Crippen LogP contribution in [-0.4, -0.2) is 19.7 Å². The number of sulfone groups is 1. The molecular formula is C27H19F2N3O3S. The molecule has 0 aliphatic carbocycles. The molecule has 0 bridgehead atoms. The highest BCUT2D eigenvalue weighted by molar-refractivity contribution is 7.90. The van der Waals surface area contributed by atoms with Crippen molar-refractivity contribution in [3.05, 3.63) is 101 Å². The van der Waals surface area contributed by atoms with Crippen molar-refractivity contribution in [1.82, 2.24) is 4.98 Å². The van der Waals surface area contributed by atoms with Crippen molar-refractivity contribution in [2.45, 2.75) is 18.0 Å². The van der Waals surface area contributed by atoms with Crippen LogP contribution in [0.4, 0.5) is 14.5 Å². The maximum Gasteiger partial charge on any atom is 0.175 e. The quantitative estimate of drug-likeness (QED) is 0.352. The molecule has 0 amide bonds. The van der Waals surface area contributed by atoms with E-state index in [2.05, 4.69) is 11.1 Å². The highest BCUT2D eigenvalue weighted by Gasteiger charge is 2.23. The van der Waals surface area contributed by atoms with Gasteiger partial charge in [-0.25, -0.2) is 17.2 Å². The summed E-state index contributed by atoms with van der Waals surface area (Å²) < 4.78 is 56.6. The van der Waals surface area contributed by atoms with Crippen LogP contribution in [0.5, 0.6) is 11.5 Å². The van der Waals surface area contributed by atoms with Gasteiger partial charge in [-0.2, -0.15) is 5.26 Å². The molecule has 4 aromatic rings. The van der Waals surface area contributed by atoms with Gasteiger partial charge in [0.05, 0.1) is 22.3 Å².